The molecule has 0 bridgehead atoms. The SMILES string of the molecule is CN=C(NCCCNC(=O)c1cccs1)NCc1cc(F)ccc1CS(C)(=O)=O.I. The lowest BCUT2D eigenvalue weighted by atomic mass is 10.1. The number of amides is 1. The van der Waals surface area contributed by atoms with Crippen molar-refractivity contribution in [1.82, 2.24) is 16.0 Å². The van der Waals surface area contributed by atoms with E-state index in [1.165, 1.54) is 29.5 Å². The number of carbonyl (C=O) groups is 1. The molecule has 0 fully saturated rings. The molecule has 0 atom stereocenters. The Morgan fingerprint density at radius 1 is 1.13 bits per heavy atom. The third-order valence-electron chi connectivity index (χ3n) is 3.93. The summed E-state index contributed by atoms with van der Waals surface area (Å²) in [6, 6.07) is 7.66. The molecule has 2 rings (SSSR count). The van der Waals surface area contributed by atoms with Gasteiger partial charge in [-0.25, -0.2) is 12.8 Å². The van der Waals surface area contributed by atoms with Gasteiger partial charge in [0, 0.05) is 32.9 Å². The zero-order chi connectivity index (χ0) is 21.3. The number of carbonyl (C=O) groups excluding carboxylic acids is 1. The summed E-state index contributed by atoms with van der Waals surface area (Å²) >= 11 is 1.39. The van der Waals surface area contributed by atoms with Crippen molar-refractivity contribution in [3.05, 3.63) is 57.5 Å². The molecule has 2 aromatic rings. The molecule has 0 aliphatic rings. The number of rotatable bonds is 9. The summed E-state index contributed by atoms with van der Waals surface area (Å²) in [5.41, 5.74) is 1.11. The zero-order valence-electron chi connectivity index (χ0n) is 16.8. The average Bonchev–Trinajstić information content (AvgIpc) is 3.19. The van der Waals surface area contributed by atoms with Gasteiger partial charge in [-0.2, -0.15) is 0 Å². The van der Waals surface area contributed by atoms with Crippen molar-refractivity contribution in [2.75, 3.05) is 26.4 Å². The summed E-state index contributed by atoms with van der Waals surface area (Å²) < 4.78 is 36.7. The fraction of sp³-hybridized carbons (Fsp3) is 0.368. The number of thiophene rings is 1. The second kappa shape index (κ2) is 12.8. The van der Waals surface area contributed by atoms with Crippen molar-refractivity contribution in [3.8, 4) is 0 Å². The molecule has 0 aliphatic carbocycles. The third kappa shape index (κ3) is 9.39. The van der Waals surface area contributed by atoms with Crippen LogP contribution in [0.5, 0.6) is 0 Å². The smallest absolute Gasteiger partial charge is 0.261 e. The number of hydrogen-bond acceptors (Lipinski definition) is 5. The number of nitrogens with zero attached hydrogens (tertiary/aromatic N) is 1. The first-order valence-corrected chi connectivity index (χ1v) is 11.9. The van der Waals surface area contributed by atoms with Crippen LogP contribution in [0, 0.1) is 5.82 Å². The molecule has 0 saturated heterocycles. The van der Waals surface area contributed by atoms with Gasteiger partial charge in [-0.05, 0) is 41.1 Å². The van der Waals surface area contributed by atoms with Crippen LogP contribution in [-0.4, -0.2) is 46.7 Å². The van der Waals surface area contributed by atoms with Crippen LogP contribution in [0.2, 0.25) is 0 Å². The Morgan fingerprint density at radius 2 is 1.87 bits per heavy atom. The first-order chi connectivity index (χ1) is 13.8. The molecule has 0 unspecified atom stereocenters. The molecule has 1 heterocycles. The van der Waals surface area contributed by atoms with E-state index in [1.54, 1.807) is 13.1 Å². The average molecular weight is 568 g/mol. The number of halogens is 2. The predicted molar refractivity (Wildman–Crippen MR) is 130 cm³/mol. The Balaban J connectivity index is 0.00000450. The Bertz CT molecular complexity index is 951. The lowest BCUT2D eigenvalue weighted by Crippen LogP contribution is -2.38. The summed E-state index contributed by atoms with van der Waals surface area (Å²) in [5, 5.41) is 10.9. The Kier molecular flexibility index (Phi) is 11.3. The molecule has 1 aromatic carbocycles. The topological polar surface area (TPSA) is 99.7 Å². The summed E-state index contributed by atoms with van der Waals surface area (Å²) in [5.74, 6) is -0.167. The van der Waals surface area contributed by atoms with E-state index in [0.29, 0.717) is 41.5 Å². The number of guanidine groups is 1. The highest BCUT2D eigenvalue weighted by molar-refractivity contribution is 14.0. The molecule has 0 aliphatic heterocycles. The van der Waals surface area contributed by atoms with E-state index in [1.807, 2.05) is 11.4 Å². The molecule has 166 valence electrons. The normalized spacial score (nSPS) is 11.5. The van der Waals surface area contributed by atoms with Crippen LogP contribution in [0.3, 0.4) is 0 Å². The monoisotopic (exact) mass is 568 g/mol. The maximum atomic E-state index is 13.6. The summed E-state index contributed by atoms with van der Waals surface area (Å²) in [6.45, 7) is 1.32. The van der Waals surface area contributed by atoms with Gasteiger partial charge in [0.15, 0.2) is 15.8 Å². The highest BCUT2D eigenvalue weighted by Gasteiger charge is 2.11. The van der Waals surface area contributed by atoms with Crippen LogP contribution >= 0.6 is 35.3 Å². The van der Waals surface area contributed by atoms with E-state index in [9.17, 15) is 17.6 Å². The molecule has 11 heteroatoms. The maximum absolute atomic E-state index is 13.6. The second-order valence-corrected chi connectivity index (χ2v) is 9.51. The molecule has 7 nitrogen and oxygen atoms in total. The van der Waals surface area contributed by atoms with Crippen molar-refractivity contribution >= 4 is 57.0 Å². The quantitative estimate of drug-likeness (QED) is 0.187. The molecule has 1 aromatic heterocycles. The van der Waals surface area contributed by atoms with Crippen LogP contribution in [0.1, 0.15) is 27.2 Å². The van der Waals surface area contributed by atoms with Crippen molar-refractivity contribution < 1.29 is 17.6 Å². The first-order valence-electron chi connectivity index (χ1n) is 9.00. The zero-order valence-corrected chi connectivity index (χ0v) is 20.7. The molecule has 3 N–H and O–H groups in total. The van der Waals surface area contributed by atoms with Crippen LogP contribution in [0.4, 0.5) is 4.39 Å². The molecular formula is C19H26FIN4O3S2. The summed E-state index contributed by atoms with van der Waals surface area (Å²) in [6.07, 6.45) is 1.84. The van der Waals surface area contributed by atoms with Gasteiger partial charge in [-0.3, -0.25) is 9.79 Å². The van der Waals surface area contributed by atoms with Gasteiger partial charge in [0.25, 0.3) is 5.91 Å². The molecule has 0 spiro atoms. The summed E-state index contributed by atoms with van der Waals surface area (Å²) in [4.78, 5) is 16.6. The van der Waals surface area contributed by atoms with E-state index < -0.39 is 15.7 Å². The van der Waals surface area contributed by atoms with Crippen molar-refractivity contribution in [1.29, 1.82) is 0 Å². The van der Waals surface area contributed by atoms with Gasteiger partial charge >= 0.3 is 0 Å². The highest BCUT2D eigenvalue weighted by atomic mass is 127. The van der Waals surface area contributed by atoms with Gasteiger partial charge in [0.1, 0.15) is 5.82 Å². The van der Waals surface area contributed by atoms with Crippen molar-refractivity contribution in [2.24, 2.45) is 4.99 Å². The second-order valence-electron chi connectivity index (χ2n) is 6.42. The van der Waals surface area contributed by atoms with Gasteiger partial charge in [-0.1, -0.05) is 12.1 Å². The van der Waals surface area contributed by atoms with Gasteiger partial charge in [0.05, 0.1) is 10.6 Å². The predicted octanol–water partition coefficient (Wildman–Crippen LogP) is 2.53. The standard InChI is InChI=1S/C19H25FN4O3S2.HI/c1-21-19(23-9-4-8-22-18(25)17-5-3-10-28-17)24-12-15-11-16(20)7-6-14(15)13-29(2,26)27;/h3,5-7,10-11H,4,8-9,12-13H2,1-2H3,(H,22,25)(H2,21,23,24);1H. The van der Waals surface area contributed by atoms with Crippen LogP contribution < -0.4 is 16.0 Å². The van der Waals surface area contributed by atoms with E-state index >= 15 is 0 Å². The fourth-order valence-corrected chi connectivity index (χ4v) is 4.06. The van der Waals surface area contributed by atoms with E-state index in [-0.39, 0.29) is 42.2 Å². The third-order valence-corrected chi connectivity index (χ3v) is 5.64. The van der Waals surface area contributed by atoms with Gasteiger partial charge < -0.3 is 16.0 Å². The number of aliphatic imine (C=N–C) groups is 1. The lowest BCUT2D eigenvalue weighted by molar-refractivity contribution is 0.0957. The van der Waals surface area contributed by atoms with Crippen molar-refractivity contribution in [3.63, 3.8) is 0 Å². The minimum Gasteiger partial charge on any atom is -0.356 e. The molecular weight excluding hydrogens is 542 g/mol. The fourth-order valence-electron chi connectivity index (χ4n) is 2.57. The highest BCUT2D eigenvalue weighted by Crippen LogP contribution is 2.14. The van der Waals surface area contributed by atoms with Crippen LogP contribution in [0.25, 0.3) is 0 Å². The number of hydrogen-bond donors (Lipinski definition) is 3. The van der Waals surface area contributed by atoms with E-state index in [0.717, 1.165) is 6.26 Å². The lowest BCUT2D eigenvalue weighted by Gasteiger charge is -2.14. The number of benzene rings is 1. The first kappa shape index (κ1) is 26.3. The molecule has 1 amide bonds. The Morgan fingerprint density at radius 3 is 2.50 bits per heavy atom. The minimum atomic E-state index is -3.23. The van der Waals surface area contributed by atoms with E-state index in [4.69, 9.17) is 0 Å². The summed E-state index contributed by atoms with van der Waals surface area (Å²) in [7, 11) is -1.62. The van der Waals surface area contributed by atoms with E-state index in [2.05, 4.69) is 20.9 Å². The largest absolute Gasteiger partial charge is 0.356 e. The number of nitrogens with one attached hydrogen (secondary N) is 3. The number of sulfone groups is 1. The van der Waals surface area contributed by atoms with Crippen LogP contribution in [-0.2, 0) is 22.1 Å². The Labute approximate surface area is 197 Å². The van der Waals surface area contributed by atoms with Crippen molar-refractivity contribution in [2.45, 2.75) is 18.7 Å². The molecule has 0 radical (unpaired) electrons. The van der Waals surface area contributed by atoms with Gasteiger partial charge in [-0.15, -0.1) is 35.3 Å². The molecule has 30 heavy (non-hydrogen) atoms. The Hall–Kier alpha value is -1.73. The van der Waals surface area contributed by atoms with Crippen LogP contribution in [0.15, 0.2) is 40.7 Å². The molecule has 0 saturated carbocycles. The van der Waals surface area contributed by atoms with Gasteiger partial charge in [0.2, 0.25) is 0 Å². The minimum absolute atomic E-state index is 0. The maximum Gasteiger partial charge on any atom is 0.261 e.